The summed E-state index contributed by atoms with van der Waals surface area (Å²) in [6.45, 7) is 13.3. The van der Waals surface area contributed by atoms with Crippen LogP contribution in [0.15, 0.2) is 24.3 Å². The molecule has 0 saturated carbocycles. The number of hydrogen-bond donors (Lipinski definition) is 0. The van der Waals surface area contributed by atoms with Crippen LogP contribution in [0.25, 0.3) is 0 Å². The molecule has 0 fully saturated rings. The zero-order valence-electron chi connectivity index (χ0n) is 13.9. The van der Waals surface area contributed by atoms with Crippen LogP contribution in [0.3, 0.4) is 0 Å². The van der Waals surface area contributed by atoms with E-state index in [4.69, 9.17) is 14.4 Å². The highest BCUT2D eigenvalue weighted by atomic mass is 28.4. The van der Waals surface area contributed by atoms with Gasteiger partial charge in [-0.05, 0) is 42.2 Å². The van der Waals surface area contributed by atoms with Crippen molar-refractivity contribution in [3.63, 3.8) is 0 Å². The van der Waals surface area contributed by atoms with Crippen molar-refractivity contribution in [2.24, 2.45) is 0 Å². The molecule has 0 saturated heterocycles. The summed E-state index contributed by atoms with van der Waals surface area (Å²) >= 11 is 0. The molecule has 0 spiro atoms. The molecule has 0 N–H and O–H groups in total. The number of benzene rings is 1. The van der Waals surface area contributed by atoms with Crippen molar-refractivity contribution in [2.75, 3.05) is 13.2 Å². The summed E-state index contributed by atoms with van der Waals surface area (Å²) in [6.07, 6.45) is 0.919. The van der Waals surface area contributed by atoms with E-state index in [9.17, 15) is 0 Å². The minimum Gasteiger partial charge on any atom is -0.417 e. The lowest BCUT2D eigenvalue weighted by Gasteiger charge is -2.36. The van der Waals surface area contributed by atoms with E-state index in [0.29, 0.717) is 18.8 Å². The third-order valence-corrected chi connectivity index (χ3v) is 8.59. The largest absolute Gasteiger partial charge is 0.417 e. The van der Waals surface area contributed by atoms with E-state index in [1.807, 2.05) is 24.3 Å². The molecule has 1 aromatic carbocycles. The van der Waals surface area contributed by atoms with Gasteiger partial charge in [0.2, 0.25) is 0 Å². The van der Waals surface area contributed by atoms with Crippen LogP contribution in [-0.2, 0) is 15.8 Å². The van der Waals surface area contributed by atoms with Gasteiger partial charge in [0.25, 0.3) is 0 Å². The first-order chi connectivity index (χ1) is 9.76. The summed E-state index contributed by atoms with van der Waals surface area (Å²) in [5, 5.41) is 8.99. The zero-order chi connectivity index (χ0) is 15.9. The van der Waals surface area contributed by atoms with E-state index in [2.05, 4.69) is 39.9 Å². The van der Waals surface area contributed by atoms with Gasteiger partial charge < -0.3 is 9.16 Å². The average molecular weight is 305 g/mol. The number of nitriles is 1. The van der Waals surface area contributed by atoms with Crippen molar-refractivity contribution in [1.29, 1.82) is 5.26 Å². The van der Waals surface area contributed by atoms with Crippen LogP contribution in [0, 0.1) is 11.3 Å². The van der Waals surface area contributed by atoms with Crippen LogP contribution < -0.4 is 0 Å². The Morgan fingerprint density at radius 3 is 2.24 bits per heavy atom. The Morgan fingerprint density at radius 2 is 1.71 bits per heavy atom. The Morgan fingerprint density at radius 1 is 1.10 bits per heavy atom. The summed E-state index contributed by atoms with van der Waals surface area (Å²) in [5.41, 5.74) is 1.78. The van der Waals surface area contributed by atoms with Gasteiger partial charge >= 0.3 is 0 Å². The van der Waals surface area contributed by atoms with Crippen LogP contribution in [-0.4, -0.2) is 21.5 Å². The second-order valence-corrected chi connectivity index (χ2v) is 11.6. The molecule has 3 nitrogen and oxygen atoms in total. The minimum absolute atomic E-state index is 0.260. The molecule has 0 radical (unpaired) electrons. The fraction of sp³-hybridized carbons (Fsp3) is 0.588. The number of rotatable bonds is 7. The second-order valence-electron chi connectivity index (χ2n) is 6.82. The topological polar surface area (TPSA) is 42.2 Å². The fourth-order valence-corrected chi connectivity index (χ4v) is 2.66. The minimum atomic E-state index is -1.63. The van der Waals surface area contributed by atoms with Crippen molar-refractivity contribution in [3.8, 4) is 6.07 Å². The summed E-state index contributed by atoms with van der Waals surface area (Å²) < 4.78 is 11.7. The van der Waals surface area contributed by atoms with E-state index in [0.717, 1.165) is 18.6 Å². The average Bonchev–Trinajstić information content (AvgIpc) is 2.42. The van der Waals surface area contributed by atoms with Gasteiger partial charge in [-0.15, -0.1) is 0 Å². The summed E-state index contributed by atoms with van der Waals surface area (Å²) in [6, 6.07) is 9.62. The Kier molecular flexibility index (Phi) is 6.60. The maximum absolute atomic E-state index is 8.73. The predicted octanol–water partition coefficient (Wildman–Crippen LogP) is 4.49. The van der Waals surface area contributed by atoms with E-state index in [1.54, 1.807) is 0 Å². The van der Waals surface area contributed by atoms with Crippen molar-refractivity contribution in [1.82, 2.24) is 0 Å². The molecule has 0 aliphatic carbocycles. The molecule has 116 valence electrons. The lowest BCUT2D eigenvalue weighted by Crippen LogP contribution is -2.41. The molecule has 0 unspecified atom stereocenters. The molecule has 0 heterocycles. The molecule has 4 heteroatoms. The van der Waals surface area contributed by atoms with Gasteiger partial charge in [0.05, 0.1) is 18.2 Å². The van der Waals surface area contributed by atoms with Crippen LogP contribution >= 0.6 is 0 Å². The summed E-state index contributed by atoms with van der Waals surface area (Å²) in [5.74, 6) is 0. The van der Waals surface area contributed by atoms with Crippen molar-refractivity contribution < 1.29 is 9.16 Å². The van der Waals surface area contributed by atoms with Gasteiger partial charge in [-0.25, -0.2) is 0 Å². The van der Waals surface area contributed by atoms with Gasteiger partial charge in [0.15, 0.2) is 8.32 Å². The van der Waals surface area contributed by atoms with Gasteiger partial charge in [-0.3, -0.25) is 0 Å². The molecular formula is C17H27NO2Si. The number of ether oxygens (including phenoxy) is 1. The smallest absolute Gasteiger partial charge is 0.191 e. The molecule has 0 aromatic heterocycles. The Bertz CT molecular complexity index is 469. The third-order valence-electron chi connectivity index (χ3n) is 4.05. The van der Waals surface area contributed by atoms with Crippen LogP contribution in [0.1, 0.15) is 38.3 Å². The Hall–Kier alpha value is -1.15. The second kappa shape index (κ2) is 7.74. The number of hydrogen-bond acceptors (Lipinski definition) is 3. The lowest BCUT2D eigenvalue weighted by atomic mass is 10.2. The molecule has 0 aliphatic rings. The molecule has 1 rings (SSSR count). The SMILES string of the molecule is CC(C)(C)[Si](C)(C)OCCCOCc1ccc(C#N)cc1. The molecule has 21 heavy (non-hydrogen) atoms. The molecular weight excluding hydrogens is 278 g/mol. The monoisotopic (exact) mass is 305 g/mol. The molecule has 0 amide bonds. The maximum Gasteiger partial charge on any atom is 0.191 e. The van der Waals surface area contributed by atoms with Crippen LogP contribution in [0.5, 0.6) is 0 Å². The normalized spacial score (nSPS) is 12.2. The van der Waals surface area contributed by atoms with Crippen molar-refractivity contribution >= 4 is 8.32 Å². The Balaban J connectivity index is 2.19. The first-order valence-corrected chi connectivity index (χ1v) is 10.4. The van der Waals surface area contributed by atoms with E-state index in [1.165, 1.54) is 0 Å². The maximum atomic E-state index is 8.73. The van der Waals surface area contributed by atoms with E-state index in [-0.39, 0.29) is 5.04 Å². The molecule has 0 aliphatic heterocycles. The Labute approximate surface area is 130 Å². The highest BCUT2D eigenvalue weighted by Gasteiger charge is 2.36. The zero-order valence-corrected chi connectivity index (χ0v) is 14.9. The first-order valence-electron chi connectivity index (χ1n) is 7.47. The third kappa shape index (κ3) is 6.00. The van der Waals surface area contributed by atoms with Crippen molar-refractivity contribution in [3.05, 3.63) is 35.4 Å². The predicted molar refractivity (Wildman–Crippen MR) is 88.6 cm³/mol. The van der Waals surface area contributed by atoms with E-state index < -0.39 is 8.32 Å². The fourth-order valence-electron chi connectivity index (χ4n) is 1.57. The van der Waals surface area contributed by atoms with Crippen molar-refractivity contribution in [2.45, 2.75) is 51.9 Å². The highest BCUT2D eigenvalue weighted by molar-refractivity contribution is 6.74. The van der Waals surface area contributed by atoms with Crippen LogP contribution in [0.4, 0.5) is 0 Å². The lowest BCUT2D eigenvalue weighted by molar-refractivity contribution is 0.105. The van der Waals surface area contributed by atoms with Gasteiger partial charge in [-0.1, -0.05) is 32.9 Å². The standard InChI is InChI=1S/C17H27NO2Si/c1-17(2,3)21(4,5)20-12-6-11-19-14-16-9-7-15(13-18)8-10-16/h7-10H,6,11-12,14H2,1-5H3. The van der Waals surface area contributed by atoms with Gasteiger partial charge in [0.1, 0.15) is 0 Å². The van der Waals surface area contributed by atoms with E-state index >= 15 is 0 Å². The summed E-state index contributed by atoms with van der Waals surface area (Å²) in [4.78, 5) is 0. The highest BCUT2D eigenvalue weighted by Crippen LogP contribution is 2.36. The quantitative estimate of drug-likeness (QED) is 0.550. The molecule has 1 aromatic rings. The van der Waals surface area contributed by atoms with Gasteiger partial charge in [-0.2, -0.15) is 5.26 Å². The van der Waals surface area contributed by atoms with Crippen LogP contribution in [0.2, 0.25) is 18.1 Å². The van der Waals surface area contributed by atoms with Gasteiger partial charge in [0, 0.05) is 13.2 Å². The molecule has 0 bridgehead atoms. The summed E-state index contributed by atoms with van der Waals surface area (Å²) in [7, 11) is -1.63. The molecule has 0 atom stereocenters. The first kappa shape index (κ1) is 17.9. The number of nitrogens with zero attached hydrogens (tertiary/aromatic N) is 1.